The molecule has 0 aliphatic carbocycles. The number of hydrogen-bond donors (Lipinski definition) is 1. The van der Waals surface area contributed by atoms with Crippen molar-refractivity contribution in [1.82, 2.24) is 9.88 Å². The lowest BCUT2D eigenvalue weighted by atomic mass is 9.95. The molecule has 8 heteroatoms. The van der Waals surface area contributed by atoms with Crippen molar-refractivity contribution in [2.24, 2.45) is 5.92 Å². The Balaban J connectivity index is 1.57. The van der Waals surface area contributed by atoms with Gasteiger partial charge in [-0.25, -0.2) is 0 Å². The monoisotopic (exact) mass is 514 g/mol. The van der Waals surface area contributed by atoms with Gasteiger partial charge in [-0.2, -0.15) is 0 Å². The summed E-state index contributed by atoms with van der Waals surface area (Å²) in [6.45, 7) is 5.78. The van der Waals surface area contributed by atoms with E-state index in [-0.39, 0.29) is 17.9 Å². The third kappa shape index (κ3) is 5.20. The molecule has 2 aliphatic heterocycles. The van der Waals surface area contributed by atoms with E-state index < -0.39 is 17.7 Å². The van der Waals surface area contributed by atoms with Crippen molar-refractivity contribution in [3.63, 3.8) is 0 Å². The molecule has 3 aromatic rings. The van der Waals surface area contributed by atoms with E-state index in [0.29, 0.717) is 54.1 Å². The molecule has 38 heavy (non-hydrogen) atoms. The van der Waals surface area contributed by atoms with Crippen molar-refractivity contribution < 1.29 is 28.9 Å². The molecule has 0 unspecified atom stereocenters. The number of Topliss-reactive ketones (excluding diaryl/α,β-unsaturated/α-hetero) is 1. The van der Waals surface area contributed by atoms with Gasteiger partial charge in [-0.3, -0.25) is 14.6 Å². The topological polar surface area (TPSA) is 98.2 Å². The SMILES string of the molecule is CC(C)CCOc1cccc([C@H]2C(=C(O)c3ccc4c(c3)OCCO4)C(=O)C(=O)N2Cc2cccnc2)c1. The van der Waals surface area contributed by atoms with Gasteiger partial charge in [-0.15, -0.1) is 0 Å². The number of aromatic nitrogens is 1. The van der Waals surface area contributed by atoms with Crippen LogP contribution in [0.25, 0.3) is 5.76 Å². The second kappa shape index (κ2) is 11.0. The zero-order valence-electron chi connectivity index (χ0n) is 21.4. The number of hydrogen-bond acceptors (Lipinski definition) is 7. The Hall–Kier alpha value is -4.33. The van der Waals surface area contributed by atoms with Gasteiger partial charge in [0.15, 0.2) is 11.5 Å². The summed E-state index contributed by atoms with van der Waals surface area (Å²) in [7, 11) is 0. The lowest BCUT2D eigenvalue weighted by molar-refractivity contribution is -0.140. The highest BCUT2D eigenvalue weighted by Gasteiger charge is 2.46. The van der Waals surface area contributed by atoms with E-state index in [2.05, 4.69) is 18.8 Å². The van der Waals surface area contributed by atoms with Crippen LogP contribution in [0.5, 0.6) is 17.2 Å². The van der Waals surface area contributed by atoms with Crippen molar-refractivity contribution in [2.75, 3.05) is 19.8 Å². The number of carbonyl (C=O) groups is 2. The summed E-state index contributed by atoms with van der Waals surface area (Å²) in [5.74, 6) is 0.450. The summed E-state index contributed by atoms with van der Waals surface area (Å²) in [4.78, 5) is 32.4. The molecule has 0 radical (unpaired) electrons. The molecule has 1 amide bonds. The number of aliphatic hydroxyl groups is 1. The molecule has 1 fully saturated rings. The maximum atomic E-state index is 13.4. The number of fused-ring (bicyclic) bond motifs is 1. The second-order valence-corrected chi connectivity index (χ2v) is 9.75. The standard InChI is InChI=1S/C30H30N2O6/c1-19(2)10-12-36-23-7-3-6-21(15-23)27-26(28(33)22-8-9-24-25(16-22)38-14-13-37-24)29(34)30(35)32(27)18-20-5-4-11-31-17-20/h3-9,11,15-17,19,27,33H,10,12-14,18H2,1-2H3/t27-/m0/s1. The second-order valence-electron chi connectivity index (χ2n) is 9.75. The van der Waals surface area contributed by atoms with E-state index in [1.165, 1.54) is 4.90 Å². The van der Waals surface area contributed by atoms with Crippen molar-refractivity contribution >= 4 is 17.4 Å². The van der Waals surface area contributed by atoms with Crippen LogP contribution in [-0.4, -0.2) is 46.5 Å². The summed E-state index contributed by atoms with van der Waals surface area (Å²) >= 11 is 0. The van der Waals surface area contributed by atoms with Gasteiger partial charge in [0.2, 0.25) is 0 Å². The maximum Gasteiger partial charge on any atom is 0.295 e. The lowest BCUT2D eigenvalue weighted by Crippen LogP contribution is -2.29. The van der Waals surface area contributed by atoms with Crippen LogP contribution in [0.15, 0.2) is 72.6 Å². The van der Waals surface area contributed by atoms with Gasteiger partial charge < -0.3 is 24.2 Å². The molecule has 0 bridgehead atoms. The first-order chi connectivity index (χ1) is 18.4. The average Bonchev–Trinajstić information content (AvgIpc) is 3.18. The van der Waals surface area contributed by atoms with Crippen LogP contribution in [0.1, 0.15) is 43.0 Å². The van der Waals surface area contributed by atoms with E-state index in [1.54, 1.807) is 36.7 Å². The van der Waals surface area contributed by atoms with Gasteiger partial charge in [-0.05, 0) is 59.9 Å². The number of likely N-dealkylation sites (tertiary alicyclic amines) is 1. The summed E-state index contributed by atoms with van der Waals surface area (Å²) in [5, 5.41) is 11.4. The van der Waals surface area contributed by atoms with Crippen LogP contribution in [0.3, 0.4) is 0 Å². The van der Waals surface area contributed by atoms with E-state index in [1.807, 2.05) is 30.3 Å². The number of pyridine rings is 1. The van der Waals surface area contributed by atoms with E-state index in [4.69, 9.17) is 14.2 Å². The van der Waals surface area contributed by atoms with Crippen molar-refractivity contribution in [2.45, 2.75) is 32.9 Å². The number of amides is 1. The minimum Gasteiger partial charge on any atom is -0.507 e. The van der Waals surface area contributed by atoms with Gasteiger partial charge in [-0.1, -0.05) is 32.0 Å². The lowest BCUT2D eigenvalue weighted by Gasteiger charge is -2.26. The van der Waals surface area contributed by atoms with Crippen LogP contribution in [-0.2, 0) is 16.1 Å². The Morgan fingerprint density at radius 2 is 1.89 bits per heavy atom. The fourth-order valence-electron chi connectivity index (χ4n) is 4.61. The fourth-order valence-corrected chi connectivity index (χ4v) is 4.61. The van der Waals surface area contributed by atoms with Crippen LogP contribution in [0, 0.1) is 5.92 Å². The molecule has 1 atom stereocenters. The fraction of sp³-hybridized carbons (Fsp3) is 0.300. The molecule has 2 aromatic carbocycles. The summed E-state index contributed by atoms with van der Waals surface area (Å²) in [5.41, 5.74) is 1.80. The Morgan fingerprint density at radius 3 is 2.66 bits per heavy atom. The Bertz CT molecular complexity index is 1370. The Labute approximate surface area is 221 Å². The van der Waals surface area contributed by atoms with Gasteiger partial charge in [0, 0.05) is 24.5 Å². The Kier molecular flexibility index (Phi) is 7.31. The molecular weight excluding hydrogens is 484 g/mol. The molecule has 5 rings (SSSR count). The molecule has 1 aromatic heterocycles. The predicted octanol–water partition coefficient (Wildman–Crippen LogP) is 4.90. The molecule has 1 N–H and O–H groups in total. The predicted molar refractivity (Wildman–Crippen MR) is 141 cm³/mol. The first-order valence-corrected chi connectivity index (χ1v) is 12.7. The average molecular weight is 515 g/mol. The molecule has 196 valence electrons. The smallest absolute Gasteiger partial charge is 0.295 e. The highest BCUT2D eigenvalue weighted by molar-refractivity contribution is 6.46. The number of aliphatic hydroxyl groups excluding tert-OH is 1. The number of benzene rings is 2. The zero-order chi connectivity index (χ0) is 26.6. The molecule has 0 spiro atoms. The summed E-state index contributed by atoms with van der Waals surface area (Å²) in [6, 6.07) is 15.1. The van der Waals surface area contributed by atoms with Crippen molar-refractivity contribution in [1.29, 1.82) is 0 Å². The molecular formula is C30H30N2O6. The molecule has 1 saturated heterocycles. The largest absolute Gasteiger partial charge is 0.507 e. The summed E-state index contributed by atoms with van der Waals surface area (Å²) < 4.78 is 17.2. The van der Waals surface area contributed by atoms with Crippen LogP contribution in [0.4, 0.5) is 0 Å². The minimum atomic E-state index is -0.822. The third-order valence-electron chi connectivity index (χ3n) is 6.57. The third-order valence-corrected chi connectivity index (χ3v) is 6.57. The maximum absolute atomic E-state index is 13.4. The number of ketones is 1. The minimum absolute atomic E-state index is 0.00917. The number of nitrogens with zero attached hydrogens (tertiary/aromatic N) is 2. The van der Waals surface area contributed by atoms with Gasteiger partial charge in [0.05, 0.1) is 18.2 Å². The zero-order valence-corrected chi connectivity index (χ0v) is 21.4. The molecule has 8 nitrogen and oxygen atoms in total. The van der Waals surface area contributed by atoms with Crippen LogP contribution in [0.2, 0.25) is 0 Å². The molecule has 0 saturated carbocycles. The van der Waals surface area contributed by atoms with E-state index in [0.717, 1.165) is 12.0 Å². The first kappa shape index (κ1) is 25.3. The quantitative estimate of drug-likeness (QED) is 0.259. The van der Waals surface area contributed by atoms with Crippen LogP contribution >= 0.6 is 0 Å². The normalized spacial score (nSPS) is 18.2. The first-order valence-electron chi connectivity index (χ1n) is 12.7. The van der Waals surface area contributed by atoms with Gasteiger partial charge >= 0.3 is 0 Å². The summed E-state index contributed by atoms with van der Waals surface area (Å²) in [6.07, 6.45) is 4.20. The van der Waals surface area contributed by atoms with Gasteiger partial charge in [0.25, 0.3) is 11.7 Å². The molecule has 3 heterocycles. The highest BCUT2D eigenvalue weighted by Crippen LogP contribution is 2.42. The Morgan fingerprint density at radius 1 is 1.08 bits per heavy atom. The highest BCUT2D eigenvalue weighted by atomic mass is 16.6. The molecule has 2 aliphatic rings. The van der Waals surface area contributed by atoms with E-state index in [9.17, 15) is 14.7 Å². The van der Waals surface area contributed by atoms with E-state index >= 15 is 0 Å². The van der Waals surface area contributed by atoms with Crippen molar-refractivity contribution in [3.8, 4) is 17.2 Å². The number of carbonyl (C=O) groups excluding carboxylic acids is 2. The van der Waals surface area contributed by atoms with Crippen LogP contribution < -0.4 is 14.2 Å². The number of rotatable bonds is 8. The van der Waals surface area contributed by atoms with Gasteiger partial charge in [0.1, 0.15) is 24.7 Å². The van der Waals surface area contributed by atoms with Crippen molar-refractivity contribution in [3.05, 3.63) is 89.3 Å². The number of ether oxygens (including phenoxy) is 3.